The van der Waals surface area contributed by atoms with Crippen LogP contribution < -0.4 is 0 Å². The minimum Gasteiger partial charge on any atom is -0.340 e. The summed E-state index contributed by atoms with van der Waals surface area (Å²) in [5, 5.41) is 4.62. The first-order chi connectivity index (χ1) is 11.6. The Morgan fingerprint density at radius 3 is 2.92 bits per heavy atom. The molecule has 2 aromatic heterocycles. The normalized spacial score (nSPS) is 26.4. The maximum atomic E-state index is 12.9. The van der Waals surface area contributed by atoms with Crippen LogP contribution in [0.4, 0.5) is 0 Å². The minimum absolute atomic E-state index is 0.147. The summed E-state index contributed by atoms with van der Waals surface area (Å²) in [6.07, 6.45) is 6.80. The van der Waals surface area contributed by atoms with Gasteiger partial charge in [-0.15, -0.1) is 0 Å². The number of rotatable bonds is 3. The van der Waals surface area contributed by atoms with Gasteiger partial charge in [-0.1, -0.05) is 6.07 Å². The first-order valence-corrected chi connectivity index (χ1v) is 8.85. The maximum absolute atomic E-state index is 12.9. The van der Waals surface area contributed by atoms with Gasteiger partial charge in [0.05, 0.1) is 11.7 Å². The molecule has 3 heterocycles. The smallest absolute Gasteiger partial charge is 0.226 e. The maximum Gasteiger partial charge on any atom is 0.226 e. The Morgan fingerprint density at radius 2 is 2.21 bits per heavy atom. The molecule has 0 bridgehead atoms. The lowest BCUT2D eigenvalue weighted by Crippen LogP contribution is -2.42. The largest absolute Gasteiger partial charge is 0.340 e. The number of aromatic nitrogens is 3. The quantitative estimate of drug-likeness (QED) is 0.872. The van der Waals surface area contributed by atoms with Crippen molar-refractivity contribution in [3.8, 4) is 0 Å². The molecule has 1 saturated heterocycles. The zero-order valence-electron chi connectivity index (χ0n) is 14.4. The molecule has 4 rings (SSSR count). The van der Waals surface area contributed by atoms with Crippen molar-refractivity contribution in [1.29, 1.82) is 0 Å². The Kier molecular flexibility index (Phi) is 3.87. The molecule has 0 spiro atoms. The van der Waals surface area contributed by atoms with Gasteiger partial charge in [-0.25, -0.2) is 0 Å². The Hall–Kier alpha value is -2.17. The van der Waals surface area contributed by atoms with Crippen LogP contribution in [0, 0.1) is 19.8 Å². The SMILES string of the molecule is Cc1cc(C)n([C@@H]2CCCN(C(=O)[C@@H]3C[C@H]3c3cccnc3)C2)n1. The van der Waals surface area contributed by atoms with Crippen molar-refractivity contribution in [2.75, 3.05) is 13.1 Å². The van der Waals surface area contributed by atoms with E-state index < -0.39 is 0 Å². The minimum atomic E-state index is 0.147. The molecule has 126 valence electrons. The lowest BCUT2D eigenvalue weighted by Gasteiger charge is -2.33. The molecule has 0 radical (unpaired) electrons. The fourth-order valence-corrected chi connectivity index (χ4v) is 4.04. The summed E-state index contributed by atoms with van der Waals surface area (Å²) in [6.45, 7) is 5.79. The number of amides is 1. The molecule has 5 nitrogen and oxygen atoms in total. The fraction of sp³-hybridized carbons (Fsp3) is 0.526. The molecule has 0 aromatic carbocycles. The van der Waals surface area contributed by atoms with Crippen LogP contribution in [0.2, 0.25) is 0 Å². The summed E-state index contributed by atoms with van der Waals surface area (Å²) in [5.74, 6) is 0.823. The van der Waals surface area contributed by atoms with Crippen molar-refractivity contribution in [2.24, 2.45) is 5.92 Å². The van der Waals surface area contributed by atoms with E-state index >= 15 is 0 Å². The molecule has 0 N–H and O–H groups in total. The summed E-state index contributed by atoms with van der Waals surface area (Å²) >= 11 is 0. The van der Waals surface area contributed by atoms with Gasteiger partial charge in [-0.3, -0.25) is 14.5 Å². The van der Waals surface area contributed by atoms with E-state index in [9.17, 15) is 4.79 Å². The van der Waals surface area contributed by atoms with E-state index in [1.807, 2.05) is 19.2 Å². The first-order valence-electron chi connectivity index (χ1n) is 8.85. The number of nitrogens with zero attached hydrogens (tertiary/aromatic N) is 4. The summed E-state index contributed by atoms with van der Waals surface area (Å²) in [6, 6.07) is 6.46. The molecule has 2 fully saturated rings. The lowest BCUT2D eigenvalue weighted by molar-refractivity contribution is -0.134. The fourth-order valence-electron chi connectivity index (χ4n) is 4.04. The Balaban J connectivity index is 1.43. The topological polar surface area (TPSA) is 51.0 Å². The van der Waals surface area contributed by atoms with Crippen molar-refractivity contribution in [3.05, 3.63) is 47.5 Å². The third-order valence-corrected chi connectivity index (χ3v) is 5.32. The van der Waals surface area contributed by atoms with Crippen LogP contribution in [0.1, 0.15) is 48.2 Å². The molecule has 1 aliphatic heterocycles. The van der Waals surface area contributed by atoms with Gasteiger partial charge in [0, 0.05) is 37.1 Å². The first kappa shape index (κ1) is 15.4. The molecule has 1 aliphatic carbocycles. The highest BCUT2D eigenvalue weighted by molar-refractivity contribution is 5.83. The van der Waals surface area contributed by atoms with Crippen LogP contribution in [0.5, 0.6) is 0 Å². The van der Waals surface area contributed by atoms with Crippen LogP contribution >= 0.6 is 0 Å². The van der Waals surface area contributed by atoms with Gasteiger partial charge in [0.25, 0.3) is 0 Å². The van der Waals surface area contributed by atoms with Gasteiger partial charge >= 0.3 is 0 Å². The standard InChI is InChI=1S/C19H24N4O/c1-13-9-14(2)23(21-13)16-6-4-8-22(12-16)19(24)18-10-17(18)15-5-3-7-20-11-15/h3,5,7,9,11,16-18H,4,6,8,10,12H2,1-2H3/t16-,17+,18-/m1/s1. The highest BCUT2D eigenvalue weighted by Crippen LogP contribution is 2.48. The van der Waals surface area contributed by atoms with Crippen LogP contribution in [0.25, 0.3) is 0 Å². The number of carbonyl (C=O) groups excluding carboxylic acids is 1. The number of hydrogen-bond donors (Lipinski definition) is 0. The van der Waals surface area contributed by atoms with Crippen molar-refractivity contribution in [1.82, 2.24) is 19.7 Å². The van der Waals surface area contributed by atoms with Crippen LogP contribution in [-0.4, -0.2) is 38.7 Å². The van der Waals surface area contributed by atoms with E-state index in [4.69, 9.17) is 0 Å². The number of carbonyl (C=O) groups is 1. The van der Waals surface area contributed by atoms with Gasteiger partial charge in [-0.05, 0) is 56.7 Å². The average molecular weight is 324 g/mol. The van der Waals surface area contributed by atoms with Crippen LogP contribution in [0.3, 0.4) is 0 Å². The second-order valence-corrected chi connectivity index (χ2v) is 7.19. The van der Waals surface area contributed by atoms with E-state index in [1.165, 1.54) is 11.3 Å². The van der Waals surface area contributed by atoms with E-state index in [2.05, 4.69) is 38.7 Å². The molecule has 5 heteroatoms. The molecule has 1 saturated carbocycles. The number of likely N-dealkylation sites (tertiary alicyclic amines) is 1. The van der Waals surface area contributed by atoms with E-state index in [-0.39, 0.29) is 5.92 Å². The molecule has 2 aliphatic rings. The van der Waals surface area contributed by atoms with Crippen molar-refractivity contribution >= 4 is 5.91 Å². The second kappa shape index (κ2) is 6.04. The van der Waals surface area contributed by atoms with Gasteiger partial charge in [0.15, 0.2) is 0 Å². The Labute approximate surface area is 142 Å². The molecule has 2 aromatic rings. The zero-order chi connectivity index (χ0) is 16.7. The zero-order valence-corrected chi connectivity index (χ0v) is 14.4. The van der Waals surface area contributed by atoms with Gasteiger partial charge < -0.3 is 4.90 Å². The van der Waals surface area contributed by atoms with Gasteiger partial charge in [0.2, 0.25) is 5.91 Å². The monoisotopic (exact) mass is 324 g/mol. The molecule has 24 heavy (non-hydrogen) atoms. The number of hydrogen-bond acceptors (Lipinski definition) is 3. The highest BCUT2D eigenvalue weighted by atomic mass is 16.2. The van der Waals surface area contributed by atoms with Crippen molar-refractivity contribution in [3.63, 3.8) is 0 Å². The number of pyridine rings is 1. The number of piperidine rings is 1. The van der Waals surface area contributed by atoms with Crippen molar-refractivity contribution < 1.29 is 4.79 Å². The lowest BCUT2D eigenvalue weighted by atomic mass is 10.0. The Morgan fingerprint density at radius 1 is 1.33 bits per heavy atom. The molecular weight excluding hydrogens is 300 g/mol. The third kappa shape index (κ3) is 2.83. The van der Waals surface area contributed by atoms with E-state index in [0.717, 1.165) is 38.0 Å². The summed E-state index contributed by atoms with van der Waals surface area (Å²) in [5.41, 5.74) is 3.43. The third-order valence-electron chi connectivity index (χ3n) is 5.32. The predicted octanol–water partition coefficient (Wildman–Crippen LogP) is 2.86. The highest BCUT2D eigenvalue weighted by Gasteiger charge is 2.46. The number of aryl methyl sites for hydroxylation is 2. The second-order valence-electron chi connectivity index (χ2n) is 7.19. The van der Waals surface area contributed by atoms with Gasteiger partial charge in [-0.2, -0.15) is 5.10 Å². The predicted molar refractivity (Wildman–Crippen MR) is 91.6 cm³/mol. The molecule has 3 atom stereocenters. The van der Waals surface area contributed by atoms with Crippen LogP contribution in [-0.2, 0) is 4.79 Å². The Bertz CT molecular complexity index is 739. The summed E-state index contributed by atoms with van der Waals surface area (Å²) in [7, 11) is 0. The summed E-state index contributed by atoms with van der Waals surface area (Å²) in [4.78, 5) is 19.1. The van der Waals surface area contributed by atoms with E-state index in [1.54, 1.807) is 6.20 Å². The van der Waals surface area contributed by atoms with Crippen molar-refractivity contribution in [2.45, 2.75) is 45.1 Å². The summed E-state index contributed by atoms with van der Waals surface area (Å²) < 4.78 is 2.11. The average Bonchev–Trinajstić information content (AvgIpc) is 3.33. The molecule has 1 amide bonds. The molecular formula is C19H24N4O. The molecule has 0 unspecified atom stereocenters. The van der Waals surface area contributed by atoms with Gasteiger partial charge in [0.1, 0.15) is 0 Å². The van der Waals surface area contributed by atoms with Crippen LogP contribution in [0.15, 0.2) is 30.6 Å². The van der Waals surface area contributed by atoms with E-state index in [0.29, 0.717) is 17.9 Å².